The molecule has 0 aliphatic carbocycles. The summed E-state index contributed by atoms with van der Waals surface area (Å²) in [5.74, 6) is 0.711. The molecule has 10 nitrogen and oxygen atoms in total. The molecule has 4 aliphatic rings. The number of alkyl halides is 3. The summed E-state index contributed by atoms with van der Waals surface area (Å²) >= 11 is 7.84. The summed E-state index contributed by atoms with van der Waals surface area (Å²) in [5, 5.41) is 9.34. The largest absolute Gasteiger partial charge is 0.436 e. The van der Waals surface area contributed by atoms with Gasteiger partial charge in [-0.25, -0.2) is 9.59 Å². The van der Waals surface area contributed by atoms with Crippen molar-refractivity contribution in [3.63, 3.8) is 0 Å². The van der Waals surface area contributed by atoms with Crippen molar-refractivity contribution in [2.45, 2.75) is 69.7 Å². The van der Waals surface area contributed by atoms with E-state index in [1.165, 1.54) is 18.0 Å². The molecule has 2 aromatic rings. The molecule has 0 bridgehead atoms. The number of fused-ring (bicyclic) bond motifs is 1. The number of nitrogens with zero attached hydrogens (tertiary/aromatic N) is 4. The van der Waals surface area contributed by atoms with Gasteiger partial charge in [0.25, 0.3) is 5.91 Å². The Bertz CT molecular complexity index is 1530. The van der Waals surface area contributed by atoms with Crippen molar-refractivity contribution in [2.24, 2.45) is 11.8 Å². The van der Waals surface area contributed by atoms with Gasteiger partial charge in [0.2, 0.25) is 0 Å². The van der Waals surface area contributed by atoms with Crippen LogP contribution in [-0.4, -0.2) is 110 Å². The smallest absolute Gasteiger partial charge is 0.418 e. The van der Waals surface area contributed by atoms with Crippen LogP contribution in [0.5, 0.6) is 0 Å². The van der Waals surface area contributed by atoms with Crippen molar-refractivity contribution in [3.05, 3.63) is 44.6 Å². The number of thiophene rings is 1. The van der Waals surface area contributed by atoms with E-state index in [0.717, 1.165) is 62.5 Å². The molecule has 3 saturated heterocycles. The first-order valence-electron chi connectivity index (χ1n) is 17.5. The summed E-state index contributed by atoms with van der Waals surface area (Å²) in [6, 6.07) is 2.13. The van der Waals surface area contributed by atoms with E-state index in [1.807, 2.05) is 15.7 Å². The first-order valence-corrected chi connectivity index (χ1v) is 18.9. The lowest BCUT2D eigenvalue weighted by Crippen LogP contribution is -2.52. The van der Waals surface area contributed by atoms with Crippen LogP contribution in [0.15, 0.2) is 22.9 Å². The molecule has 4 amide bonds. The second-order valence-corrected chi connectivity index (χ2v) is 15.2. The summed E-state index contributed by atoms with van der Waals surface area (Å²) in [6.45, 7) is 4.35. The number of ether oxygens (including phenoxy) is 1. The first kappa shape index (κ1) is 36.6. The van der Waals surface area contributed by atoms with Gasteiger partial charge in [-0.05, 0) is 106 Å². The van der Waals surface area contributed by atoms with Gasteiger partial charge in [-0.2, -0.15) is 13.2 Å². The maximum atomic E-state index is 14.0. The summed E-state index contributed by atoms with van der Waals surface area (Å²) in [6.07, 6.45) is -1.20. The number of urea groups is 1. The maximum absolute atomic E-state index is 14.0. The van der Waals surface area contributed by atoms with E-state index >= 15 is 0 Å². The standard InChI is InChI=1S/C35H46ClF3N6O4S/c1-40-31-27(35(37,38)39)17-22(18-28(31)36)19-30(32(46)43-12-5-24(6-13-43)23-3-10-42(2)11-4-23)49-34(48)44-14-8-26(9-15-44)45-16-7-25-20-50-21-29(25)41-33(45)47/h17-18,20-21,23-24,26,30,40H,3-16,19H2,1-2H3,(H,41,47)/t30-/m1/s1. The van der Waals surface area contributed by atoms with Gasteiger partial charge in [-0.3, -0.25) is 4.79 Å². The molecule has 0 spiro atoms. The lowest BCUT2D eigenvalue weighted by Gasteiger charge is -2.40. The van der Waals surface area contributed by atoms with Crippen LogP contribution in [0.4, 0.5) is 34.1 Å². The molecule has 6 rings (SSSR count). The average molecular weight is 739 g/mol. The Labute approximate surface area is 300 Å². The van der Waals surface area contributed by atoms with Crippen molar-refractivity contribution < 1.29 is 32.3 Å². The molecular weight excluding hydrogens is 693 g/mol. The first-order chi connectivity index (χ1) is 23.9. The van der Waals surface area contributed by atoms with Crippen LogP contribution in [0.3, 0.4) is 0 Å². The molecule has 274 valence electrons. The molecule has 1 atom stereocenters. The normalized spacial score (nSPS) is 21.0. The number of hydrogen-bond donors (Lipinski definition) is 2. The molecule has 1 aromatic carbocycles. The van der Waals surface area contributed by atoms with Crippen LogP contribution >= 0.6 is 22.9 Å². The zero-order valence-corrected chi connectivity index (χ0v) is 30.1. The predicted molar refractivity (Wildman–Crippen MR) is 188 cm³/mol. The minimum Gasteiger partial charge on any atom is -0.436 e. The third-order valence-electron chi connectivity index (χ3n) is 11.0. The molecule has 4 aliphatic heterocycles. The zero-order chi connectivity index (χ0) is 35.6. The van der Waals surface area contributed by atoms with Crippen LogP contribution in [0, 0.1) is 11.8 Å². The number of hydrogen-bond acceptors (Lipinski definition) is 7. The van der Waals surface area contributed by atoms with E-state index in [0.29, 0.717) is 57.4 Å². The van der Waals surface area contributed by atoms with E-state index in [4.69, 9.17) is 16.3 Å². The number of carbonyl (C=O) groups excluding carboxylic acids is 3. The van der Waals surface area contributed by atoms with Crippen LogP contribution in [0.25, 0.3) is 0 Å². The summed E-state index contributed by atoms with van der Waals surface area (Å²) < 4.78 is 47.9. The zero-order valence-electron chi connectivity index (χ0n) is 28.6. The molecule has 2 N–H and O–H groups in total. The van der Waals surface area contributed by atoms with Gasteiger partial charge >= 0.3 is 18.3 Å². The molecule has 0 radical (unpaired) electrons. The highest BCUT2D eigenvalue weighted by Crippen LogP contribution is 2.40. The summed E-state index contributed by atoms with van der Waals surface area (Å²) in [7, 11) is 3.49. The maximum Gasteiger partial charge on any atom is 0.418 e. The molecule has 3 fully saturated rings. The molecular formula is C35H46ClF3N6O4S. The van der Waals surface area contributed by atoms with Gasteiger partial charge in [0.05, 0.1) is 22.0 Å². The van der Waals surface area contributed by atoms with E-state index < -0.39 is 29.8 Å². The van der Waals surface area contributed by atoms with Crippen molar-refractivity contribution in [1.29, 1.82) is 0 Å². The fourth-order valence-electron chi connectivity index (χ4n) is 8.01. The van der Waals surface area contributed by atoms with E-state index in [-0.39, 0.29) is 34.8 Å². The number of rotatable bonds is 7. The molecule has 15 heteroatoms. The van der Waals surface area contributed by atoms with Crippen molar-refractivity contribution in [3.8, 4) is 0 Å². The lowest BCUT2D eigenvalue weighted by molar-refractivity contribution is -0.142. The minimum absolute atomic E-state index is 0.0661. The SMILES string of the molecule is CNc1c(Cl)cc(C[C@@H](OC(=O)N2CCC(N3CCc4cscc4NC3=O)CC2)C(=O)N2CCC(C3CCN(C)CC3)CC2)cc1C(F)(F)F. The number of amides is 4. The second kappa shape index (κ2) is 15.6. The Morgan fingerprint density at radius 1 is 0.980 bits per heavy atom. The second-order valence-electron chi connectivity index (χ2n) is 14.0. The quantitative estimate of drug-likeness (QED) is 0.331. The van der Waals surface area contributed by atoms with Gasteiger partial charge in [0.1, 0.15) is 0 Å². The van der Waals surface area contributed by atoms with Crippen LogP contribution in [0.1, 0.15) is 55.2 Å². The highest BCUT2D eigenvalue weighted by atomic mass is 35.5. The molecule has 50 heavy (non-hydrogen) atoms. The number of nitrogens with one attached hydrogen (secondary N) is 2. The van der Waals surface area contributed by atoms with Crippen molar-refractivity contribution >= 4 is 52.3 Å². The highest BCUT2D eigenvalue weighted by Gasteiger charge is 2.39. The van der Waals surface area contributed by atoms with Crippen LogP contribution in [-0.2, 0) is 28.5 Å². The van der Waals surface area contributed by atoms with E-state index in [2.05, 4.69) is 22.6 Å². The predicted octanol–water partition coefficient (Wildman–Crippen LogP) is 6.64. The number of halogens is 4. The van der Waals surface area contributed by atoms with Crippen LogP contribution in [0.2, 0.25) is 5.02 Å². The number of likely N-dealkylation sites (tertiary alicyclic amines) is 3. The van der Waals surface area contributed by atoms with Crippen molar-refractivity contribution in [1.82, 2.24) is 19.6 Å². The third-order valence-corrected chi connectivity index (χ3v) is 12.0. The highest BCUT2D eigenvalue weighted by molar-refractivity contribution is 7.08. The topological polar surface area (TPSA) is 97.5 Å². The number of piperidine rings is 3. The van der Waals surface area contributed by atoms with Gasteiger partial charge in [-0.1, -0.05) is 11.6 Å². The molecule has 5 heterocycles. The third kappa shape index (κ3) is 8.28. The Hall–Kier alpha value is -3.23. The van der Waals surface area contributed by atoms with E-state index in [1.54, 1.807) is 16.2 Å². The molecule has 0 unspecified atom stereocenters. The molecule has 1 aromatic heterocycles. The van der Waals surface area contributed by atoms with Gasteiger partial charge < -0.3 is 35.0 Å². The summed E-state index contributed by atoms with van der Waals surface area (Å²) in [4.78, 5) is 48.0. The Morgan fingerprint density at radius 3 is 2.26 bits per heavy atom. The summed E-state index contributed by atoms with van der Waals surface area (Å²) in [5.41, 5.74) is 0.893. The van der Waals surface area contributed by atoms with Crippen molar-refractivity contribution in [2.75, 3.05) is 70.5 Å². The Balaban J connectivity index is 1.13. The average Bonchev–Trinajstić information content (AvgIpc) is 3.47. The van der Waals surface area contributed by atoms with E-state index in [9.17, 15) is 27.6 Å². The fourth-order valence-corrected chi connectivity index (χ4v) is 9.17. The Morgan fingerprint density at radius 2 is 1.62 bits per heavy atom. The fraction of sp³-hybridized carbons (Fsp3) is 0.629. The monoisotopic (exact) mass is 738 g/mol. The Kier molecular flexibility index (Phi) is 11.4. The number of benzene rings is 1. The van der Waals surface area contributed by atoms with Gasteiger partial charge in [-0.15, -0.1) is 11.3 Å². The minimum atomic E-state index is -4.69. The number of anilines is 2. The lowest BCUT2D eigenvalue weighted by atomic mass is 9.79. The van der Waals surface area contributed by atoms with Gasteiger partial charge in [0, 0.05) is 57.6 Å². The van der Waals surface area contributed by atoms with Crippen LogP contribution < -0.4 is 10.6 Å². The molecule has 0 saturated carbocycles. The number of carbonyl (C=O) groups is 3. The van der Waals surface area contributed by atoms with Gasteiger partial charge in [0.15, 0.2) is 6.10 Å².